The lowest BCUT2D eigenvalue weighted by molar-refractivity contribution is -0.126. The Labute approximate surface area is 111 Å². The number of phenolic OH excluding ortho intramolecular Hbond substituents is 1. The van der Waals surface area contributed by atoms with Gasteiger partial charge in [0.15, 0.2) is 5.11 Å². The molecule has 5 heteroatoms. The third-order valence-electron chi connectivity index (χ3n) is 2.79. The van der Waals surface area contributed by atoms with Gasteiger partial charge in [0, 0.05) is 13.0 Å². The molecule has 0 aromatic heterocycles. The quantitative estimate of drug-likeness (QED) is 0.632. The van der Waals surface area contributed by atoms with Crippen LogP contribution >= 0.6 is 12.2 Å². The molecule has 94 valence electrons. The number of hydrogen-bond donors (Lipinski definition) is 2. The molecule has 18 heavy (non-hydrogen) atoms. The Balaban J connectivity index is 2.07. The maximum absolute atomic E-state index is 12.1. The summed E-state index contributed by atoms with van der Waals surface area (Å²) >= 11 is 5.10. The first kappa shape index (κ1) is 12.6. The lowest BCUT2D eigenvalue weighted by atomic mass is 10.1. The third kappa shape index (κ3) is 2.51. The van der Waals surface area contributed by atoms with Crippen molar-refractivity contribution in [3.63, 3.8) is 0 Å². The Morgan fingerprint density at radius 2 is 2.11 bits per heavy atom. The minimum Gasteiger partial charge on any atom is -0.508 e. The van der Waals surface area contributed by atoms with E-state index in [0.29, 0.717) is 18.1 Å². The smallest absolute Gasteiger partial charge is 0.251 e. The van der Waals surface area contributed by atoms with Crippen LogP contribution in [-0.2, 0) is 11.2 Å². The lowest BCUT2D eigenvalue weighted by Crippen LogP contribution is -2.32. The largest absolute Gasteiger partial charge is 0.508 e. The van der Waals surface area contributed by atoms with Crippen molar-refractivity contribution in [2.45, 2.75) is 12.5 Å². The third-order valence-corrected chi connectivity index (χ3v) is 3.13. The van der Waals surface area contributed by atoms with Crippen LogP contribution in [0.2, 0.25) is 0 Å². The van der Waals surface area contributed by atoms with Crippen molar-refractivity contribution in [3.05, 3.63) is 42.5 Å². The fourth-order valence-corrected chi connectivity index (χ4v) is 2.19. The van der Waals surface area contributed by atoms with E-state index in [9.17, 15) is 9.90 Å². The molecule has 4 nitrogen and oxygen atoms in total. The zero-order valence-electron chi connectivity index (χ0n) is 9.80. The molecule has 2 N–H and O–H groups in total. The van der Waals surface area contributed by atoms with E-state index < -0.39 is 0 Å². The maximum Gasteiger partial charge on any atom is 0.251 e. The molecule has 1 aromatic carbocycles. The summed E-state index contributed by atoms with van der Waals surface area (Å²) in [7, 11) is 0. The fraction of sp³-hybridized carbons (Fsp3) is 0.231. The first-order valence-electron chi connectivity index (χ1n) is 5.62. The second-order valence-electron chi connectivity index (χ2n) is 4.11. The van der Waals surface area contributed by atoms with Gasteiger partial charge in [0.1, 0.15) is 11.8 Å². The zero-order valence-corrected chi connectivity index (χ0v) is 10.6. The highest BCUT2D eigenvalue weighted by Gasteiger charge is 2.34. The molecule has 1 aromatic rings. The summed E-state index contributed by atoms with van der Waals surface area (Å²) in [6.07, 6.45) is 2.20. The Hall–Kier alpha value is -1.88. The van der Waals surface area contributed by atoms with Crippen LogP contribution in [0.15, 0.2) is 36.9 Å². The molecule has 1 atom stereocenters. The summed E-state index contributed by atoms with van der Waals surface area (Å²) in [6.45, 7) is 4.03. The van der Waals surface area contributed by atoms with Gasteiger partial charge in [-0.1, -0.05) is 18.2 Å². The van der Waals surface area contributed by atoms with E-state index in [4.69, 9.17) is 12.2 Å². The van der Waals surface area contributed by atoms with E-state index in [1.54, 1.807) is 30.3 Å². The van der Waals surface area contributed by atoms with Crippen LogP contribution in [0.4, 0.5) is 0 Å². The van der Waals surface area contributed by atoms with Gasteiger partial charge in [-0.3, -0.25) is 9.69 Å². The zero-order chi connectivity index (χ0) is 13.1. The van der Waals surface area contributed by atoms with Gasteiger partial charge in [-0.2, -0.15) is 0 Å². The standard InChI is InChI=1S/C13H14N2O2S/c1-2-7-15-12(17)11(14-13(15)18)8-9-3-5-10(16)6-4-9/h2-6,11,16H,1,7-8H2,(H,14,18)/t11-/m1/s1. The first-order chi connectivity index (χ1) is 8.61. The number of amides is 1. The number of phenols is 1. The molecular weight excluding hydrogens is 248 g/mol. The number of nitrogens with zero attached hydrogens (tertiary/aromatic N) is 1. The minimum atomic E-state index is -0.331. The second-order valence-corrected chi connectivity index (χ2v) is 4.50. The lowest BCUT2D eigenvalue weighted by Gasteiger charge is -2.11. The molecule has 0 unspecified atom stereocenters. The normalized spacial score (nSPS) is 18.9. The molecule has 1 heterocycles. The second kappa shape index (κ2) is 5.18. The highest BCUT2D eigenvalue weighted by molar-refractivity contribution is 7.80. The van der Waals surface area contributed by atoms with Crippen LogP contribution in [0.1, 0.15) is 5.56 Å². The van der Waals surface area contributed by atoms with E-state index in [1.165, 1.54) is 4.90 Å². The number of hydrogen-bond acceptors (Lipinski definition) is 3. The molecule has 1 amide bonds. The molecule has 1 saturated heterocycles. The van der Waals surface area contributed by atoms with Crippen molar-refractivity contribution >= 4 is 23.2 Å². The van der Waals surface area contributed by atoms with Gasteiger partial charge >= 0.3 is 0 Å². The van der Waals surface area contributed by atoms with E-state index in [0.717, 1.165) is 5.56 Å². The SMILES string of the molecule is C=CCN1C(=O)[C@@H](Cc2ccc(O)cc2)NC1=S. The van der Waals surface area contributed by atoms with Gasteiger partial charge in [0.05, 0.1) is 0 Å². The Morgan fingerprint density at radius 1 is 1.44 bits per heavy atom. The Bertz CT molecular complexity index is 484. The molecule has 0 spiro atoms. The summed E-state index contributed by atoms with van der Waals surface area (Å²) in [4.78, 5) is 13.6. The molecule has 1 fully saturated rings. The summed E-state index contributed by atoms with van der Waals surface area (Å²) in [5.74, 6) is 0.182. The van der Waals surface area contributed by atoms with Gasteiger partial charge in [0.25, 0.3) is 5.91 Å². The van der Waals surface area contributed by atoms with Crippen molar-refractivity contribution in [2.24, 2.45) is 0 Å². The van der Waals surface area contributed by atoms with Crippen LogP contribution in [0, 0.1) is 0 Å². The van der Waals surface area contributed by atoms with Gasteiger partial charge in [-0.25, -0.2) is 0 Å². The van der Waals surface area contributed by atoms with Crippen LogP contribution in [0.25, 0.3) is 0 Å². The molecular formula is C13H14N2O2S. The van der Waals surface area contributed by atoms with Gasteiger partial charge in [-0.15, -0.1) is 6.58 Å². The summed E-state index contributed by atoms with van der Waals surface area (Å²) in [6, 6.07) is 6.47. The molecule has 0 bridgehead atoms. The highest BCUT2D eigenvalue weighted by Crippen LogP contribution is 2.15. The molecule has 0 aliphatic carbocycles. The Kier molecular flexibility index (Phi) is 3.62. The van der Waals surface area contributed by atoms with E-state index in [-0.39, 0.29) is 17.7 Å². The number of carbonyl (C=O) groups excluding carboxylic acids is 1. The van der Waals surface area contributed by atoms with Crippen molar-refractivity contribution in [3.8, 4) is 5.75 Å². The summed E-state index contributed by atoms with van der Waals surface area (Å²) in [5.41, 5.74) is 0.974. The topological polar surface area (TPSA) is 52.6 Å². The van der Waals surface area contributed by atoms with Gasteiger partial charge in [0.2, 0.25) is 0 Å². The number of rotatable bonds is 4. The first-order valence-corrected chi connectivity index (χ1v) is 6.03. The van der Waals surface area contributed by atoms with Crippen LogP contribution < -0.4 is 5.32 Å². The Morgan fingerprint density at radius 3 is 2.72 bits per heavy atom. The molecule has 0 saturated carbocycles. The fourth-order valence-electron chi connectivity index (χ4n) is 1.88. The average Bonchev–Trinajstić information content (AvgIpc) is 2.60. The van der Waals surface area contributed by atoms with Crippen molar-refractivity contribution in [1.29, 1.82) is 0 Å². The van der Waals surface area contributed by atoms with Gasteiger partial charge < -0.3 is 10.4 Å². The predicted molar refractivity (Wildman–Crippen MR) is 73.2 cm³/mol. The number of nitrogens with one attached hydrogen (secondary N) is 1. The van der Waals surface area contributed by atoms with Crippen molar-refractivity contribution < 1.29 is 9.90 Å². The van der Waals surface area contributed by atoms with Gasteiger partial charge in [-0.05, 0) is 29.9 Å². The number of aromatic hydroxyl groups is 1. The number of carbonyl (C=O) groups is 1. The molecule has 0 radical (unpaired) electrons. The van der Waals surface area contributed by atoms with Crippen LogP contribution in [-0.4, -0.2) is 33.6 Å². The highest BCUT2D eigenvalue weighted by atomic mass is 32.1. The van der Waals surface area contributed by atoms with E-state index >= 15 is 0 Å². The predicted octanol–water partition coefficient (Wildman–Crippen LogP) is 1.21. The average molecular weight is 262 g/mol. The molecule has 2 rings (SSSR count). The number of thiocarbonyl (C=S) groups is 1. The van der Waals surface area contributed by atoms with Crippen molar-refractivity contribution in [1.82, 2.24) is 10.2 Å². The molecule has 1 aliphatic rings. The van der Waals surface area contributed by atoms with E-state index in [2.05, 4.69) is 11.9 Å². The summed E-state index contributed by atoms with van der Waals surface area (Å²) in [5, 5.41) is 12.6. The monoisotopic (exact) mass is 262 g/mol. The minimum absolute atomic E-state index is 0.0343. The van der Waals surface area contributed by atoms with E-state index in [1.807, 2.05) is 0 Å². The summed E-state index contributed by atoms with van der Waals surface area (Å²) < 4.78 is 0. The molecule has 1 aliphatic heterocycles. The maximum atomic E-state index is 12.1. The van der Waals surface area contributed by atoms with Crippen molar-refractivity contribution in [2.75, 3.05) is 6.54 Å². The van der Waals surface area contributed by atoms with Crippen LogP contribution in [0.3, 0.4) is 0 Å². The number of benzene rings is 1. The van der Waals surface area contributed by atoms with Crippen LogP contribution in [0.5, 0.6) is 5.75 Å².